The fourth-order valence-electron chi connectivity index (χ4n) is 6.28. The number of piperidine rings is 1. The number of β-amino-alcohol motifs (C(OH)–C–C–N with tert-alkyl or cyclic N) is 1. The molecule has 0 bridgehead atoms. The van der Waals surface area contributed by atoms with Gasteiger partial charge in [0.2, 0.25) is 0 Å². The Morgan fingerprint density at radius 3 is 2.25 bits per heavy atom. The van der Waals surface area contributed by atoms with Gasteiger partial charge in [0, 0.05) is 24.0 Å². The maximum Gasteiger partial charge on any atom is 0.128 e. The molecule has 36 heavy (non-hydrogen) atoms. The van der Waals surface area contributed by atoms with Crippen LogP contribution in [0.2, 0.25) is 0 Å². The lowest BCUT2D eigenvalue weighted by atomic mass is 9.74. The normalized spacial score (nSPS) is 17.8. The van der Waals surface area contributed by atoms with Crippen molar-refractivity contribution in [3.05, 3.63) is 107 Å². The van der Waals surface area contributed by atoms with Crippen molar-refractivity contribution in [2.24, 2.45) is 5.92 Å². The topological polar surface area (TPSA) is 45.6 Å². The molecule has 2 heterocycles. The molecule has 1 aliphatic carbocycles. The number of hydrogen-bond donors (Lipinski definition) is 1. The van der Waals surface area contributed by atoms with Gasteiger partial charge in [0.15, 0.2) is 0 Å². The van der Waals surface area contributed by atoms with Gasteiger partial charge in [0.05, 0.1) is 5.52 Å². The molecule has 2 aliphatic rings. The summed E-state index contributed by atoms with van der Waals surface area (Å²) in [7, 11) is 0. The molecule has 6 rings (SSSR count). The fraction of sp³-hybridized carbons (Fsp3) is 0.344. The number of aryl methyl sites for hydroxylation is 2. The lowest BCUT2D eigenvalue weighted by molar-refractivity contribution is 0.0542. The molecule has 1 aliphatic heterocycles. The van der Waals surface area contributed by atoms with E-state index in [1.165, 1.54) is 22.3 Å². The minimum absolute atomic E-state index is 0.289. The Labute approximate surface area is 213 Å². The molecule has 1 aromatic heterocycles. The van der Waals surface area contributed by atoms with Gasteiger partial charge >= 0.3 is 0 Å². The van der Waals surface area contributed by atoms with Crippen molar-refractivity contribution in [2.75, 3.05) is 26.2 Å². The van der Waals surface area contributed by atoms with Crippen molar-refractivity contribution in [2.45, 2.75) is 37.7 Å². The SMILES string of the molecule is OC(COc1cccc2ncccc12)CN1CCC(C2c3ccccc3CCc3ccccc32)CC1. The second-order valence-electron chi connectivity index (χ2n) is 10.3. The first-order chi connectivity index (χ1) is 17.8. The Balaban J connectivity index is 1.10. The summed E-state index contributed by atoms with van der Waals surface area (Å²) in [6, 6.07) is 28.0. The fourth-order valence-corrected chi connectivity index (χ4v) is 6.28. The van der Waals surface area contributed by atoms with E-state index in [0.717, 1.165) is 55.4 Å². The third-order valence-corrected chi connectivity index (χ3v) is 8.05. The third kappa shape index (κ3) is 4.76. The Morgan fingerprint density at radius 1 is 0.833 bits per heavy atom. The average Bonchev–Trinajstić information content (AvgIpc) is 3.09. The standard InChI is InChI=1S/C32H34N2O2/c35-26(22-36-31-13-5-12-30-29(31)11-6-18-33-30)21-34-19-16-25(17-20-34)32-27-9-3-1-7-23(27)14-15-24-8-2-4-10-28(24)32/h1-13,18,25-26,32,35H,14-17,19-22H2. The van der Waals surface area contributed by atoms with Crippen molar-refractivity contribution in [1.29, 1.82) is 0 Å². The molecule has 1 saturated heterocycles. The molecular formula is C32H34N2O2. The molecule has 3 aromatic carbocycles. The van der Waals surface area contributed by atoms with E-state index in [-0.39, 0.29) is 6.61 Å². The number of aliphatic hydroxyl groups is 1. The summed E-state index contributed by atoms with van der Waals surface area (Å²) in [4.78, 5) is 6.80. The van der Waals surface area contributed by atoms with E-state index in [0.29, 0.717) is 18.4 Å². The highest BCUT2D eigenvalue weighted by molar-refractivity contribution is 5.84. The van der Waals surface area contributed by atoms with Crippen LogP contribution in [0.1, 0.15) is 41.0 Å². The Bertz CT molecular complexity index is 1280. The number of pyridine rings is 1. The first kappa shape index (κ1) is 23.2. The van der Waals surface area contributed by atoms with E-state index >= 15 is 0 Å². The largest absolute Gasteiger partial charge is 0.490 e. The highest BCUT2D eigenvalue weighted by Gasteiger charge is 2.33. The van der Waals surface area contributed by atoms with Crippen LogP contribution in [0.5, 0.6) is 5.75 Å². The minimum Gasteiger partial charge on any atom is -0.490 e. The predicted octanol–water partition coefficient (Wildman–Crippen LogP) is 5.62. The van der Waals surface area contributed by atoms with E-state index in [2.05, 4.69) is 58.4 Å². The number of aliphatic hydroxyl groups excluding tert-OH is 1. The van der Waals surface area contributed by atoms with Crippen LogP contribution in [-0.4, -0.2) is 47.3 Å². The first-order valence-corrected chi connectivity index (χ1v) is 13.3. The first-order valence-electron chi connectivity index (χ1n) is 13.3. The van der Waals surface area contributed by atoms with Gasteiger partial charge in [-0.15, -0.1) is 0 Å². The maximum atomic E-state index is 10.8. The molecule has 1 atom stereocenters. The molecule has 184 valence electrons. The summed E-state index contributed by atoms with van der Waals surface area (Å²) in [6.07, 6.45) is 5.82. The van der Waals surface area contributed by atoms with Gasteiger partial charge in [-0.3, -0.25) is 4.98 Å². The molecule has 4 nitrogen and oxygen atoms in total. The van der Waals surface area contributed by atoms with Crippen LogP contribution < -0.4 is 4.74 Å². The van der Waals surface area contributed by atoms with E-state index in [4.69, 9.17) is 4.74 Å². The molecule has 1 N–H and O–H groups in total. The van der Waals surface area contributed by atoms with Gasteiger partial charge in [0.25, 0.3) is 0 Å². The number of nitrogens with zero attached hydrogens (tertiary/aromatic N) is 2. The third-order valence-electron chi connectivity index (χ3n) is 8.05. The van der Waals surface area contributed by atoms with Gasteiger partial charge in [0.1, 0.15) is 18.5 Å². The van der Waals surface area contributed by atoms with Crippen LogP contribution in [0.25, 0.3) is 10.9 Å². The van der Waals surface area contributed by atoms with Crippen molar-refractivity contribution in [3.8, 4) is 5.75 Å². The summed E-state index contributed by atoms with van der Waals surface area (Å²) in [6.45, 7) is 2.96. The lowest BCUT2D eigenvalue weighted by Gasteiger charge is -2.37. The van der Waals surface area contributed by atoms with Crippen LogP contribution in [0.3, 0.4) is 0 Å². The quantitative estimate of drug-likeness (QED) is 0.391. The number of rotatable bonds is 6. The Kier molecular flexibility index (Phi) is 6.71. The zero-order chi connectivity index (χ0) is 24.3. The summed E-state index contributed by atoms with van der Waals surface area (Å²) in [5, 5.41) is 11.7. The summed E-state index contributed by atoms with van der Waals surface area (Å²) in [5.74, 6) is 1.87. The molecule has 1 fully saturated rings. The molecular weight excluding hydrogens is 444 g/mol. The number of ether oxygens (including phenoxy) is 1. The van der Waals surface area contributed by atoms with E-state index in [1.807, 2.05) is 30.3 Å². The van der Waals surface area contributed by atoms with Crippen LogP contribution in [0.15, 0.2) is 85.1 Å². The maximum absolute atomic E-state index is 10.8. The summed E-state index contributed by atoms with van der Waals surface area (Å²) >= 11 is 0. The monoisotopic (exact) mass is 478 g/mol. The van der Waals surface area contributed by atoms with Crippen molar-refractivity contribution in [3.63, 3.8) is 0 Å². The smallest absolute Gasteiger partial charge is 0.128 e. The van der Waals surface area contributed by atoms with E-state index < -0.39 is 6.10 Å². The van der Waals surface area contributed by atoms with Crippen LogP contribution in [0, 0.1) is 5.92 Å². The minimum atomic E-state index is -0.521. The molecule has 4 aromatic rings. The number of fused-ring (bicyclic) bond motifs is 3. The second-order valence-corrected chi connectivity index (χ2v) is 10.3. The van der Waals surface area contributed by atoms with Gasteiger partial charge in [-0.25, -0.2) is 0 Å². The average molecular weight is 479 g/mol. The van der Waals surface area contributed by atoms with Gasteiger partial charge in [-0.1, -0.05) is 54.6 Å². The summed E-state index contributed by atoms with van der Waals surface area (Å²) < 4.78 is 6.01. The number of benzene rings is 3. The number of hydrogen-bond acceptors (Lipinski definition) is 4. The van der Waals surface area contributed by atoms with Crippen LogP contribution >= 0.6 is 0 Å². The number of aromatic nitrogens is 1. The predicted molar refractivity (Wildman–Crippen MR) is 145 cm³/mol. The molecule has 0 radical (unpaired) electrons. The molecule has 4 heteroatoms. The van der Waals surface area contributed by atoms with Gasteiger partial charge in [-0.05, 0) is 91.2 Å². The molecule has 0 amide bonds. The highest BCUT2D eigenvalue weighted by Crippen LogP contribution is 2.43. The molecule has 0 saturated carbocycles. The Morgan fingerprint density at radius 2 is 1.53 bits per heavy atom. The van der Waals surface area contributed by atoms with Crippen LogP contribution in [0.4, 0.5) is 0 Å². The van der Waals surface area contributed by atoms with E-state index in [9.17, 15) is 5.11 Å². The number of likely N-dealkylation sites (tertiary alicyclic amines) is 1. The van der Waals surface area contributed by atoms with E-state index in [1.54, 1.807) is 6.20 Å². The zero-order valence-corrected chi connectivity index (χ0v) is 20.7. The Hall–Kier alpha value is -3.21. The van der Waals surface area contributed by atoms with Gasteiger partial charge < -0.3 is 14.7 Å². The van der Waals surface area contributed by atoms with Crippen molar-refractivity contribution < 1.29 is 9.84 Å². The lowest BCUT2D eigenvalue weighted by Crippen LogP contribution is -2.41. The molecule has 1 unspecified atom stereocenters. The van der Waals surface area contributed by atoms with Crippen molar-refractivity contribution >= 4 is 10.9 Å². The van der Waals surface area contributed by atoms with Crippen LogP contribution in [-0.2, 0) is 12.8 Å². The molecule has 0 spiro atoms. The van der Waals surface area contributed by atoms with Gasteiger partial charge in [-0.2, -0.15) is 0 Å². The second kappa shape index (κ2) is 10.4. The zero-order valence-electron chi connectivity index (χ0n) is 20.7. The van der Waals surface area contributed by atoms with Crippen molar-refractivity contribution in [1.82, 2.24) is 9.88 Å². The highest BCUT2D eigenvalue weighted by atomic mass is 16.5. The summed E-state index contributed by atoms with van der Waals surface area (Å²) in [5.41, 5.74) is 6.99.